The van der Waals surface area contributed by atoms with E-state index in [-0.39, 0.29) is 5.91 Å². The molecule has 5 heteroatoms. The van der Waals surface area contributed by atoms with Crippen LogP contribution in [0.3, 0.4) is 0 Å². The molecule has 1 amide bonds. The highest BCUT2D eigenvalue weighted by Crippen LogP contribution is 2.25. The van der Waals surface area contributed by atoms with Crippen LogP contribution in [0, 0.1) is 0 Å². The number of hydrogen-bond donors (Lipinski definition) is 2. The molecule has 2 N–H and O–H groups in total. The molecule has 4 aromatic rings. The first-order valence-corrected chi connectivity index (χ1v) is 8.37. The Hall–Kier alpha value is -2.66. The van der Waals surface area contributed by atoms with E-state index in [1.807, 2.05) is 53.9 Å². The summed E-state index contributed by atoms with van der Waals surface area (Å²) in [5.74, 6) is 0.861. The third-order valence-electron chi connectivity index (χ3n) is 3.81. The molecule has 0 fully saturated rings. The second kappa shape index (κ2) is 5.85. The van der Waals surface area contributed by atoms with Crippen molar-refractivity contribution in [1.82, 2.24) is 15.3 Å². The van der Waals surface area contributed by atoms with E-state index in [0.29, 0.717) is 13.0 Å². The number of rotatable bonds is 4. The number of thiophene rings is 1. The molecule has 0 radical (unpaired) electrons. The fraction of sp³-hybridized carbons (Fsp3) is 0.111. The van der Waals surface area contributed by atoms with Gasteiger partial charge in [0, 0.05) is 28.4 Å². The first-order chi connectivity index (χ1) is 11.3. The van der Waals surface area contributed by atoms with Crippen LogP contribution in [0.5, 0.6) is 0 Å². The number of benzene rings is 2. The molecule has 0 aliphatic carbocycles. The fourth-order valence-electron chi connectivity index (χ4n) is 2.67. The topological polar surface area (TPSA) is 57.8 Å². The number of carbonyl (C=O) groups excluding carboxylic acids is 1. The first-order valence-electron chi connectivity index (χ1n) is 7.49. The van der Waals surface area contributed by atoms with Crippen molar-refractivity contribution in [2.45, 2.75) is 6.42 Å². The van der Waals surface area contributed by atoms with Crippen molar-refractivity contribution in [2.24, 2.45) is 0 Å². The highest BCUT2D eigenvalue weighted by molar-refractivity contribution is 7.17. The molecule has 2 heterocycles. The number of aromatic nitrogens is 2. The zero-order valence-electron chi connectivity index (χ0n) is 12.4. The summed E-state index contributed by atoms with van der Waals surface area (Å²) in [6.07, 6.45) is 0.683. The predicted molar refractivity (Wildman–Crippen MR) is 94.0 cm³/mol. The van der Waals surface area contributed by atoms with E-state index in [1.165, 1.54) is 0 Å². The molecule has 4 rings (SSSR count). The van der Waals surface area contributed by atoms with Crippen LogP contribution in [0.2, 0.25) is 0 Å². The molecule has 0 aliphatic heterocycles. The van der Waals surface area contributed by atoms with Crippen LogP contribution in [0.25, 0.3) is 21.1 Å². The molecule has 114 valence electrons. The largest absolute Gasteiger partial charge is 0.352 e. The maximum atomic E-state index is 12.3. The molecular weight excluding hydrogens is 306 g/mol. The lowest BCUT2D eigenvalue weighted by Gasteiger charge is -2.03. The third-order valence-corrected chi connectivity index (χ3v) is 4.77. The van der Waals surface area contributed by atoms with E-state index in [9.17, 15) is 4.79 Å². The normalized spacial score (nSPS) is 11.1. The van der Waals surface area contributed by atoms with Gasteiger partial charge < -0.3 is 10.3 Å². The van der Waals surface area contributed by atoms with Crippen LogP contribution in [-0.4, -0.2) is 22.4 Å². The van der Waals surface area contributed by atoms with Gasteiger partial charge in [-0.1, -0.05) is 30.3 Å². The monoisotopic (exact) mass is 321 g/mol. The van der Waals surface area contributed by atoms with Crippen molar-refractivity contribution in [3.8, 4) is 0 Å². The molecular formula is C18H15N3OS. The zero-order valence-corrected chi connectivity index (χ0v) is 13.2. The predicted octanol–water partition coefficient (Wildman–Crippen LogP) is 3.75. The number of aromatic amines is 1. The van der Waals surface area contributed by atoms with Crippen molar-refractivity contribution in [2.75, 3.05) is 6.54 Å². The Morgan fingerprint density at radius 3 is 2.87 bits per heavy atom. The summed E-state index contributed by atoms with van der Waals surface area (Å²) in [6, 6.07) is 15.9. The maximum Gasteiger partial charge on any atom is 0.252 e. The summed E-state index contributed by atoms with van der Waals surface area (Å²) < 4.78 is 1.13. The Kier molecular flexibility index (Phi) is 3.55. The molecule has 23 heavy (non-hydrogen) atoms. The number of para-hydroxylation sites is 2. The summed E-state index contributed by atoms with van der Waals surface area (Å²) in [4.78, 5) is 20.1. The summed E-state index contributed by atoms with van der Waals surface area (Å²) in [5.41, 5.74) is 2.73. The summed E-state index contributed by atoms with van der Waals surface area (Å²) >= 11 is 1.60. The Labute approximate surface area is 137 Å². The van der Waals surface area contributed by atoms with Gasteiger partial charge in [0.05, 0.1) is 16.6 Å². The van der Waals surface area contributed by atoms with Crippen molar-refractivity contribution in [1.29, 1.82) is 0 Å². The minimum Gasteiger partial charge on any atom is -0.352 e. The quantitative estimate of drug-likeness (QED) is 0.601. The Morgan fingerprint density at radius 2 is 1.96 bits per heavy atom. The van der Waals surface area contributed by atoms with Gasteiger partial charge >= 0.3 is 0 Å². The lowest BCUT2D eigenvalue weighted by atomic mass is 10.1. The Balaban J connectivity index is 1.43. The molecule has 0 unspecified atom stereocenters. The van der Waals surface area contributed by atoms with Crippen LogP contribution < -0.4 is 5.32 Å². The average Bonchev–Trinajstić information content (AvgIpc) is 3.18. The lowest BCUT2D eigenvalue weighted by molar-refractivity contribution is 0.0956. The minimum absolute atomic E-state index is 0.0291. The molecule has 4 nitrogen and oxygen atoms in total. The number of hydrogen-bond acceptors (Lipinski definition) is 3. The summed E-state index contributed by atoms with van der Waals surface area (Å²) in [5, 5.41) is 5.91. The molecule has 0 atom stereocenters. The number of nitrogens with zero attached hydrogens (tertiary/aromatic N) is 1. The number of carbonyl (C=O) groups is 1. The number of fused-ring (bicyclic) bond motifs is 2. The average molecular weight is 321 g/mol. The summed E-state index contributed by atoms with van der Waals surface area (Å²) in [6.45, 7) is 0.558. The van der Waals surface area contributed by atoms with Crippen molar-refractivity contribution < 1.29 is 4.79 Å². The van der Waals surface area contributed by atoms with Gasteiger partial charge in [-0.3, -0.25) is 4.79 Å². The second-order valence-corrected chi connectivity index (χ2v) is 6.26. The van der Waals surface area contributed by atoms with E-state index in [2.05, 4.69) is 15.3 Å². The number of amides is 1. The Morgan fingerprint density at radius 1 is 1.13 bits per heavy atom. The van der Waals surface area contributed by atoms with Gasteiger partial charge in [0.1, 0.15) is 5.82 Å². The third kappa shape index (κ3) is 2.71. The van der Waals surface area contributed by atoms with Gasteiger partial charge in [0.15, 0.2) is 0 Å². The van der Waals surface area contributed by atoms with Crippen molar-refractivity contribution in [3.05, 3.63) is 65.3 Å². The first kappa shape index (κ1) is 14.0. The number of nitrogens with one attached hydrogen (secondary N) is 2. The molecule has 0 saturated carbocycles. The van der Waals surface area contributed by atoms with E-state index in [0.717, 1.165) is 32.5 Å². The van der Waals surface area contributed by atoms with Gasteiger partial charge in [-0.15, -0.1) is 11.3 Å². The standard InChI is InChI=1S/C18H15N3OS/c22-18(13-11-23-16-8-4-1-5-12(13)16)19-10-9-17-20-14-6-2-3-7-15(14)21-17/h1-8,11H,9-10H2,(H,19,22)(H,20,21). The lowest BCUT2D eigenvalue weighted by Crippen LogP contribution is -2.25. The molecule has 0 spiro atoms. The van der Waals surface area contributed by atoms with Crippen LogP contribution in [0.1, 0.15) is 16.2 Å². The second-order valence-electron chi connectivity index (χ2n) is 5.35. The SMILES string of the molecule is O=C(NCCc1nc2ccccc2[nH]1)c1csc2ccccc12. The van der Waals surface area contributed by atoms with E-state index < -0.39 is 0 Å². The van der Waals surface area contributed by atoms with Gasteiger partial charge in [0.25, 0.3) is 5.91 Å². The fourth-order valence-corrected chi connectivity index (χ4v) is 3.61. The highest BCUT2D eigenvalue weighted by atomic mass is 32.1. The van der Waals surface area contributed by atoms with Crippen molar-refractivity contribution in [3.63, 3.8) is 0 Å². The van der Waals surface area contributed by atoms with Crippen LogP contribution in [0.4, 0.5) is 0 Å². The van der Waals surface area contributed by atoms with Crippen molar-refractivity contribution >= 4 is 38.4 Å². The molecule has 0 saturated heterocycles. The maximum absolute atomic E-state index is 12.3. The number of imidazole rings is 1. The number of H-pyrrole nitrogens is 1. The molecule has 2 aromatic heterocycles. The smallest absolute Gasteiger partial charge is 0.252 e. The van der Waals surface area contributed by atoms with E-state index in [4.69, 9.17) is 0 Å². The van der Waals surface area contributed by atoms with E-state index >= 15 is 0 Å². The molecule has 0 bridgehead atoms. The van der Waals surface area contributed by atoms with Crippen LogP contribution >= 0.6 is 11.3 Å². The zero-order chi connectivity index (χ0) is 15.6. The van der Waals surface area contributed by atoms with Gasteiger partial charge in [-0.05, 0) is 18.2 Å². The molecule has 0 aliphatic rings. The van der Waals surface area contributed by atoms with Gasteiger partial charge in [0.2, 0.25) is 0 Å². The van der Waals surface area contributed by atoms with Gasteiger partial charge in [-0.2, -0.15) is 0 Å². The van der Waals surface area contributed by atoms with Gasteiger partial charge in [-0.25, -0.2) is 4.98 Å². The van der Waals surface area contributed by atoms with Crippen LogP contribution in [0.15, 0.2) is 53.9 Å². The van der Waals surface area contributed by atoms with Crippen LogP contribution in [-0.2, 0) is 6.42 Å². The Bertz CT molecular complexity index is 953. The minimum atomic E-state index is -0.0291. The summed E-state index contributed by atoms with van der Waals surface area (Å²) in [7, 11) is 0. The highest BCUT2D eigenvalue weighted by Gasteiger charge is 2.11. The van der Waals surface area contributed by atoms with E-state index in [1.54, 1.807) is 11.3 Å². The molecule has 2 aromatic carbocycles.